The number of aryl methyl sites for hydroxylation is 1. The number of ether oxygens (including phenoxy) is 1. The molecule has 0 saturated carbocycles. The third-order valence-corrected chi connectivity index (χ3v) is 4.20. The molecule has 0 radical (unpaired) electrons. The van der Waals surface area contributed by atoms with Crippen LogP contribution >= 0.6 is 0 Å². The van der Waals surface area contributed by atoms with Crippen LogP contribution in [0.5, 0.6) is 5.75 Å². The molecule has 1 saturated heterocycles. The minimum absolute atomic E-state index is 0.0985. The molecular weight excluding hydrogens is 264 g/mol. The van der Waals surface area contributed by atoms with Crippen LogP contribution in [0.2, 0.25) is 0 Å². The topological polar surface area (TPSA) is 41.6 Å². The zero-order valence-electron chi connectivity index (χ0n) is 13.3. The normalized spacial score (nSPS) is 18.3. The predicted molar refractivity (Wildman–Crippen MR) is 84.9 cm³/mol. The lowest BCUT2D eigenvalue weighted by Gasteiger charge is -2.29. The van der Waals surface area contributed by atoms with Gasteiger partial charge in [-0.1, -0.05) is 6.07 Å². The first-order valence-corrected chi connectivity index (χ1v) is 7.80. The summed E-state index contributed by atoms with van der Waals surface area (Å²) in [5.41, 5.74) is 1.76. The lowest BCUT2D eigenvalue weighted by molar-refractivity contribution is 0.0728. The molecular formula is C17H26N2O2. The molecule has 0 bridgehead atoms. The van der Waals surface area contributed by atoms with Gasteiger partial charge in [-0.2, -0.15) is 0 Å². The minimum Gasteiger partial charge on any atom is -0.496 e. The second kappa shape index (κ2) is 7.46. The maximum Gasteiger partial charge on any atom is 0.253 e. The highest BCUT2D eigenvalue weighted by Gasteiger charge is 2.21. The van der Waals surface area contributed by atoms with Gasteiger partial charge in [0.1, 0.15) is 5.75 Å². The van der Waals surface area contributed by atoms with Crippen LogP contribution in [-0.2, 0) is 0 Å². The zero-order valence-corrected chi connectivity index (χ0v) is 13.3. The Morgan fingerprint density at radius 2 is 2.29 bits per heavy atom. The fraction of sp³-hybridized carbons (Fsp3) is 0.588. The first-order chi connectivity index (χ1) is 10.2. The van der Waals surface area contributed by atoms with E-state index in [0.717, 1.165) is 37.5 Å². The SMILES string of the molecule is CCN(CC1CCCNC1)C(=O)c1ccc(C)c(OC)c1. The van der Waals surface area contributed by atoms with E-state index in [1.807, 2.05) is 36.9 Å². The average Bonchev–Trinajstić information content (AvgIpc) is 2.53. The van der Waals surface area contributed by atoms with E-state index < -0.39 is 0 Å². The number of benzene rings is 1. The first kappa shape index (κ1) is 15.8. The number of nitrogens with one attached hydrogen (secondary N) is 1. The summed E-state index contributed by atoms with van der Waals surface area (Å²) < 4.78 is 5.32. The third-order valence-electron chi connectivity index (χ3n) is 4.20. The van der Waals surface area contributed by atoms with Crippen molar-refractivity contribution in [1.29, 1.82) is 0 Å². The van der Waals surface area contributed by atoms with Crippen molar-refractivity contribution in [3.63, 3.8) is 0 Å². The average molecular weight is 290 g/mol. The molecule has 1 heterocycles. The summed E-state index contributed by atoms with van der Waals surface area (Å²) in [7, 11) is 1.64. The van der Waals surface area contributed by atoms with Crippen LogP contribution in [0, 0.1) is 12.8 Å². The molecule has 0 aliphatic carbocycles. The summed E-state index contributed by atoms with van der Waals surface area (Å²) in [6, 6.07) is 5.68. The molecule has 0 aromatic heterocycles. The highest BCUT2D eigenvalue weighted by Crippen LogP contribution is 2.21. The van der Waals surface area contributed by atoms with Gasteiger partial charge in [0.15, 0.2) is 0 Å². The second-order valence-corrected chi connectivity index (χ2v) is 5.74. The number of hydrogen-bond acceptors (Lipinski definition) is 3. The molecule has 4 nitrogen and oxygen atoms in total. The molecule has 2 rings (SSSR count). The van der Waals surface area contributed by atoms with E-state index in [-0.39, 0.29) is 5.91 Å². The number of piperidine rings is 1. The summed E-state index contributed by atoms with van der Waals surface area (Å²) in [5, 5.41) is 3.41. The Morgan fingerprint density at radius 1 is 1.48 bits per heavy atom. The van der Waals surface area contributed by atoms with Crippen LogP contribution < -0.4 is 10.1 Å². The number of rotatable bonds is 5. The van der Waals surface area contributed by atoms with Crippen molar-refractivity contribution in [3.8, 4) is 5.75 Å². The summed E-state index contributed by atoms with van der Waals surface area (Å²) in [4.78, 5) is 14.6. The van der Waals surface area contributed by atoms with Crippen molar-refractivity contribution in [3.05, 3.63) is 29.3 Å². The molecule has 1 unspecified atom stereocenters. The molecule has 0 spiro atoms. The van der Waals surface area contributed by atoms with Gasteiger partial charge in [0.25, 0.3) is 5.91 Å². The number of amides is 1. The van der Waals surface area contributed by atoms with E-state index in [9.17, 15) is 4.79 Å². The van der Waals surface area contributed by atoms with Gasteiger partial charge in [0.2, 0.25) is 0 Å². The predicted octanol–water partition coefficient (Wildman–Crippen LogP) is 2.47. The molecule has 1 aromatic carbocycles. The van der Waals surface area contributed by atoms with Gasteiger partial charge >= 0.3 is 0 Å². The molecule has 21 heavy (non-hydrogen) atoms. The highest BCUT2D eigenvalue weighted by atomic mass is 16.5. The standard InChI is InChI=1S/C17H26N2O2/c1-4-19(12-14-6-5-9-18-11-14)17(20)15-8-7-13(2)16(10-15)21-3/h7-8,10,14,18H,4-6,9,11-12H2,1-3H3. The van der Waals surface area contributed by atoms with Crippen molar-refractivity contribution < 1.29 is 9.53 Å². The maximum atomic E-state index is 12.7. The van der Waals surface area contributed by atoms with E-state index in [4.69, 9.17) is 4.74 Å². The fourth-order valence-electron chi connectivity index (χ4n) is 2.88. The van der Waals surface area contributed by atoms with Crippen molar-refractivity contribution in [2.75, 3.05) is 33.3 Å². The molecule has 1 atom stereocenters. The van der Waals surface area contributed by atoms with E-state index in [1.54, 1.807) is 7.11 Å². The van der Waals surface area contributed by atoms with Crippen LogP contribution in [0.15, 0.2) is 18.2 Å². The molecule has 1 aliphatic rings. The van der Waals surface area contributed by atoms with E-state index in [1.165, 1.54) is 12.8 Å². The van der Waals surface area contributed by atoms with Gasteiger partial charge in [-0.15, -0.1) is 0 Å². The Balaban J connectivity index is 2.08. The van der Waals surface area contributed by atoms with Gasteiger partial charge in [0.05, 0.1) is 7.11 Å². The maximum absolute atomic E-state index is 12.7. The summed E-state index contributed by atoms with van der Waals surface area (Å²) >= 11 is 0. The summed E-state index contributed by atoms with van der Waals surface area (Å²) in [6.07, 6.45) is 2.41. The largest absolute Gasteiger partial charge is 0.496 e. The number of carbonyl (C=O) groups is 1. The molecule has 1 aromatic rings. The van der Waals surface area contributed by atoms with Crippen molar-refractivity contribution in [1.82, 2.24) is 10.2 Å². The number of hydrogen-bond donors (Lipinski definition) is 1. The summed E-state index contributed by atoms with van der Waals surface area (Å²) in [6.45, 7) is 7.72. The van der Waals surface area contributed by atoms with Gasteiger partial charge in [-0.25, -0.2) is 0 Å². The van der Waals surface area contributed by atoms with Crippen molar-refractivity contribution in [2.24, 2.45) is 5.92 Å². The molecule has 4 heteroatoms. The quantitative estimate of drug-likeness (QED) is 0.906. The Bertz CT molecular complexity index is 482. The molecule has 1 amide bonds. The van der Waals surface area contributed by atoms with E-state index in [0.29, 0.717) is 11.5 Å². The van der Waals surface area contributed by atoms with Gasteiger partial charge in [0, 0.05) is 18.7 Å². The van der Waals surface area contributed by atoms with Crippen molar-refractivity contribution in [2.45, 2.75) is 26.7 Å². The van der Waals surface area contributed by atoms with Crippen LogP contribution in [0.1, 0.15) is 35.7 Å². The van der Waals surface area contributed by atoms with E-state index in [2.05, 4.69) is 5.32 Å². The van der Waals surface area contributed by atoms with Crippen molar-refractivity contribution >= 4 is 5.91 Å². The molecule has 116 valence electrons. The minimum atomic E-state index is 0.0985. The molecule has 1 N–H and O–H groups in total. The van der Waals surface area contributed by atoms with Crippen LogP contribution in [0.3, 0.4) is 0 Å². The monoisotopic (exact) mass is 290 g/mol. The number of carbonyl (C=O) groups excluding carboxylic acids is 1. The van der Waals surface area contributed by atoms with Crippen LogP contribution in [0.25, 0.3) is 0 Å². The van der Waals surface area contributed by atoms with Gasteiger partial charge < -0.3 is 15.0 Å². The summed E-state index contributed by atoms with van der Waals surface area (Å²) in [5.74, 6) is 1.44. The molecule has 1 fully saturated rings. The third kappa shape index (κ3) is 3.97. The van der Waals surface area contributed by atoms with Gasteiger partial charge in [-0.3, -0.25) is 4.79 Å². The second-order valence-electron chi connectivity index (χ2n) is 5.74. The Hall–Kier alpha value is -1.55. The fourth-order valence-corrected chi connectivity index (χ4v) is 2.88. The number of nitrogens with zero attached hydrogens (tertiary/aromatic N) is 1. The lowest BCUT2D eigenvalue weighted by atomic mass is 9.98. The number of methoxy groups -OCH3 is 1. The lowest BCUT2D eigenvalue weighted by Crippen LogP contribution is -2.41. The van der Waals surface area contributed by atoms with Crippen LogP contribution in [-0.4, -0.2) is 44.1 Å². The van der Waals surface area contributed by atoms with Gasteiger partial charge in [-0.05, 0) is 63.4 Å². The Morgan fingerprint density at radius 3 is 2.90 bits per heavy atom. The Kier molecular flexibility index (Phi) is 5.62. The molecule has 1 aliphatic heterocycles. The highest BCUT2D eigenvalue weighted by molar-refractivity contribution is 5.94. The first-order valence-electron chi connectivity index (χ1n) is 7.80. The smallest absolute Gasteiger partial charge is 0.253 e. The zero-order chi connectivity index (χ0) is 15.2. The van der Waals surface area contributed by atoms with E-state index >= 15 is 0 Å². The van der Waals surface area contributed by atoms with Crippen LogP contribution in [0.4, 0.5) is 0 Å². The Labute approximate surface area is 127 Å².